The molecule has 84 valence electrons. The van der Waals surface area contributed by atoms with Gasteiger partial charge >= 0.3 is 0 Å². The second-order valence-corrected chi connectivity index (χ2v) is 3.80. The third kappa shape index (κ3) is 2.67. The molecule has 16 heavy (non-hydrogen) atoms. The van der Waals surface area contributed by atoms with Crippen LogP contribution in [0.2, 0.25) is 0 Å². The molecule has 0 aliphatic rings. The SMILES string of the molecule is Cc1nc(C(N)CCc2ccccc2)no1. The third-order valence-corrected chi connectivity index (χ3v) is 2.46. The fourth-order valence-electron chi connectivity index (χ4n) is 1.56. The maximum absolute atomic E-state index is 5.97. The number of rotatable bonds is 4. The topological polar surface area (TPSA) is 64.9 Å². The Labute approximate surface area is 94.5 Å². The van der Waals surface area contributed by atoms with Crippen LogP contribution in [0, 0.1) is 6.92 Å². The number of aromatic nitrogens is 2. The number of nitrogens with two attached hydrogens (primary N) is 1. The van der Waals surface area contributed by atoms with E-state index in [9.17, 15) is 0 Å². The lowest BCUT2D eigenvalue weighted by Crippen LogP contribution is -2.13. The summed E-state index contributed by atoms with van der Waals surface area (Å²) in [5.41, 5.74) is 7.25. The summed E-state index contributed by atoms with van der Waals surface area (Å²) < 4.78 is 4.90. The van der Waals surface area contributed by atoms with E-state index in [0.717, 1.165) is 12.8 Å². The minimum atomic E-state index is -0.155. The van der Waals surface area contributed by atoms with Crippen LogP contribution in [-0.2, 0) is 6.42 Å². The fourth-order valence-corrected chi connectivity index (χ4v) is 1.56. The molecular formula is C12H15N3O. The molecule has 2 rings (SSSR count). The molecule has 0 spiro atoms. The molecule has 1 atom stereocenters. The number of nitrogens with zero attached hydrogens (tertiary/aromatic N) is 2. The fraction of sp³-hybridized carbons (Fsp3) is 0.333. The average molecular weight is 217 g/mol. The van der Waals surface area contributed by atoms with Gasteiger partial charge < -0.3 is 10.3 Å². The first-order valence-corrected chi connectivity index (χ1v) is 5.35. The Morgan fingerprint density at radius 1 is 1.31 bits per heavy atom. The Balaban J connectivity index is 1.91. The zero-order valence-electron chi connectivity index (χ0n) is 9.26. The molecule has 1 heterocycles. The summed E-state index contributed by atoms with van der Waals surface area (Å²) in [6.07, 6.45) is 1.75. The average Bonchev–Trinajstić information content (AvgIpc) is 2.74. The first-order valence-electron chi connectivity index (χ1n) is 5.35. The molecule has 0 radical (unpaired) electrons. The van der Waals surface area contributed by atoms with Crippen LogP contribution >= 0.6 is 0 Å². The molecule has 0 amide bonds. The lowest BCUT2D eigenvalue weighted by Gasteiger charge is -2.06. The van der Waals surface area contributed by atoms with Gasteiger partial charge in [-0.1, -0.05) is 35.5 Å². The van der Waals surface area contributed by atoms with Crippen molar-refractivity contribution >= 4 is 0 Å². The summed E-state index contributed by atoms with van der Waals surface area (Å²) in [7, 11) is 0. The van der Waals surface area contributed by atoms with E-state index >= 15 is 0 Å². The Hall–Kier alpha value is -1.68. The van der Waals surface area contributed by atoms with Crippen LogP contribution < -0.4 is 5.73 Å². The maximum Gasteiger partial charge on any atom is 0.223 e. The van der Waals surface area contributed by atoms with Crippen molar-refractivity contribution in [3.05, 3.63) is 47.6 Å². The van der Waals surface area contributed by atoms with Crippen LogP contribution in [0.5, 0.6) is 0 Å². The summed E-state index contributed by atoms with van der Waals surface area (Å²) in [6.45, 7) is 1.76. The van der Waals surface area contributed by atoms with Crippen LogP contribution in [0.25, 0.3) is 0 Å². The molecular weight excluding hydrogens is 202 g/mol. The summed E-state index contributed by atoms with van der Waals surface area (Å²) >= 11 is 0. The number of hydrogen-bond donors (Lipinski definition) is 1. The minimum Gasteiger partial charge on any atom is -0.340 e. The van der Waals surface area contributed by atoms with Gasteiger partial charge in [-0.05, 0) is 18.4 Å². The van der Waals surface area contributed by atoms with E-state index in [-0.39, 0.29) is 6.04 Å². The Morgan fingerprint density at radius 3 is 2.69 bits per heavy atom. The third-order valence-electron chi connectivity index (χ3n) is 2.46. The van der Waals surface area contributed by atoms with Crippen LogP contribution in [-0.4, -0.2) is 10.1 Å². The normalized spacial score (nSPS) is 12.6. The molecule has 2 aromatic rings. The molecule has 1 unspecified atom stereocenters. The highest BCUT2D eigenvalue weighted by molar-refractivity contribution is 5.15. The van der Waals surface area contributed by atoms with Gasteiger partial charge in [0.25, 0.3) is 0 Å². The predicted octanol–water partition coefficient (Wildman–Crippen LogP) is 2.01. The van der Waals surface area contributed by atoms with Crippen molar-refractivity contribution in [2.45, 2.75) is 25.8 Å². The van der Waals surface area contributed by atoms with Crippen molar-refractivity contribution in [2.75, 3.05) is 0 Å². The van der Waals surface area contributed by atoms with Crippen molar-refractivity contribution < 1.29 is 4.52 Å². The van der Waals surface area contributed by atoms with Crippen molar-refractivity contribution in [3.63, 3.8) is 0 Å². The highest BCUT2D eigenvalue weighted by atomic mass is 16.5. The van der Waals surface area contributed by atoms with Gasteiger partial charge in [0.1, 0.15) is 0 Å². The van der Waals surface area contributed by atoms with Crippen LogP contribution in [0.1, 0.15) is 29.7 Å². The monoisotopic (exact) mass is 217 g/mol. The second-order valence-electron chi connectivity index (χ2n) is 3.80. The van der Waals surface area contributed by atoms with Gasteiger partial charge in [-0.25, -0.2) is 0 Å². The molecule has 0 saturated carbocycles. The zero-order chi connectivity index (χ0) is 11.4. The van der Waals surface area contributed by atoms with Gasteiger partial charge in [-0.15, -0.1) is 0 Å². The van der Waals surface area contributed by atoms with Gasteiger partial charge in [0, 0.05) is 6.92 Å². The van der Waals surface area contributed by atoms with E-state index in [0.29, 0.717) is 11.7 Å². The van der Waals surface area contributed by atoms with E-state index in [1.807, 2.05) is 18.2 Å². The van der Waals surface area contributed by atoms with E-state index in [1.54, 1.807) is 6.92 Å². The highest BCUT2D eigenvalue weighted by Crippen LogP contribution is 2.13. The Kier molecular flexibility index (Phi) is 3.31. The van der Waals surface area contributed by atoms with Crippen molar-refractivity contribution in [3.8, 4) is 0 Å². The van der Waals surface area contributed by atoms with Crippen LogP contribution in [0.3, 0.4) is 0 Å². The standard InChI is InChI=1S/C12H15N3O/c1-9-14-12(15-16-9)11(13)8-7-10-5-3-2-4-6-10/h2-6,11H,7-8,13H2,1H3. The Bertz CT molecular complexity index is 439. The Morgan fingerprint density at radius 2 is 2.06 bits per heavy atom. The lowest BCUT2D eigenvalue weighted by molar-refractivity contribution is 0.382. The smallest absolute Gasteiger partial charge is 0.223 e. The van der Waals surface area contributed by atoms with Crippen molar-refractivity contribution in [1.82, 2.24) is 10.1 Å². The summed E-state index contributed by atoms with van der Waals surface area (Å²) in [6, 6.07) is 10.1. The molecule has 0 aliphatic heterocycles. The van der Waals surface area contributed by atoms with E-state index < -0.39 is 0 Å². The first-order chi connectivity index (χ1) is 7.75. The second kappa shape index (κ2) is 4.90. The number of hydrogen-bond acceptors (Lipinski definition) is 4. The van der Waals surface area contributed by atoms with Gasteiger partial charge in [-0.3, -0.25) is 0 Å². The minimum absolute atomic E-state index is 0.155. The van der Waals surface area contributed by atoms with Gasteiger partial charge in [0.05, 0.1) is 6.04 Å². The predicted molar refractivity (Wildman–Crippen MR) is 60.7 cm³/mol. The molecule has 0 saturated heterocycles. The van der Waals surface area contributed by atoms with Crippen molar-refractivity contribution in [1.29, 1.82) is 0 Å². The molecule has 0 bridgehead atoms. The molecule has 2 N–H and O–H groups in total. The molecule has 1 aromatic heterocycles. The van der Waals surface area contributed by atoms with E-state index in [1.165, 1.54) is 5.56 Å². The lowest BCUT2D eigenvalue weighted by atomic mass is 10.1. The molecule has 4 nitrogen and oxygen atoms in total. The van der Waals surface area contributed by atoms with E-state index in [4.69, 9.17) is 10.3 Å². The zero-order valence-corrected chi connectivity index (χ0v) is 9.26. The molecule has 0 fully saturated rings. The summed E-state index contributed by atoms with van der Waals surface area (Å²) in [5, 5.41) is 3.82. The summed E-state index contributed by atoms with van der Waals surface area (Å²) in [5.74, 6) is 1.15. The first kappa shape index (κ1) is 10.8. The quantitative estimate of drug-likeness (QED) is 0.850. The number of benzene rings is 1. The summed E-state index contributed by atoms with van der Waals surface area (Å²) in [4.78, 5) is 4.12. The largest absolute Gasteiger partial charge is 0.340 e. The maximum atomic E-state index is 5.97. The van der Waals surface area contributed by atoms with Crippen LogP contribution in [0.15, 0.2) is 34.9 Å². The van der Waals surface area contributed by atoms with Gasteiger partial charge in [-0.2, -0.15) is 4.98 Å². The van der Waals surface area contributed by atoms with Gasteiger partial charge in [0.2, 0.25) is 5.89 Å². The molecule has 1 aromatic carbocycles. The number of aryl methyl sites for hydroxylation is 2. The van der Waals surface area contributed by atoms with Crippen molar-refractivity contribution in [2.24, 2.45) is 5.73 Å². The van der Waals surface area contributed by atoms with Crippen LogP contribution in [0.4, 0.5) is 0 Å². The molecule has 4 heteroatoms. The highest BCUT2D eigenvalue weighted by Gasteiger charge is 2.12. The van der Waals surface area contributed by atoms with E-state index in [2.05, 4.69) is 22.3 Å². The molecule has 0 aliphatic carbocycles. The van der Waals surface area contributed by atoms with Gasteiger partial charge in [0.15, 0.2) is 5.82 Å².